The van der Waals surface area contributed by atoms with Crippen molar-refractivity contribution in [3.63, 3.8) is 0 Å². The standard InChI is InChI=1S/C42H42N6O21/c1-4-15-66-39(62)25(43-29(49)9-14-35(55)56)20-44(41(64)68-17-6-3)22-27(38(60)61)48-34(54)19-24(36(48)57)8-7-18-69-42(65)45(21-26(37(58)59)46-30(50)10-11-31(46)51)23-28(40(63)67-16-5-2)47-32(52)12-13-33(47)53/h4-14,19,25-28H,1-3,15-18,20-23H2,(H,43,49)(H,55,56)(H,58,59)(H,60,61)/b8-7+,14-9-. The summed E-state index contributed by atoms with van der Waals surface area (Å²) in [6.07, 6.45) is 7.05. The Bertz CT molecular complexity index is 2330. The second kappa shape index (κ2) is 25.4. The number of rotatable bonds is 27. The number of amides is 9. The summed E-state index contributed by atoms with van der Waals surface area (Å²) in [6, 6.07) is -8.16. The van der Waals surface area contributed by atoms with Gasteiger partial charge in [0.2, 0.25) is 5.91 Å². The second-order valence-electron chi connectivity index (χ2n) is 13.8. The molecule has 3 heterocycles. The van der Waals surface area contributed by atoms with Crippen molar-refractivity contribution in [1.82, 2.24) is 29.8 Å². The van der Waals surface area contributed by atoms with Crippen molar-refractivity contribution >= 4 is 83.4 Å². The van der Waals surface area contributed by atoms with Gasteiger partial charge in [0.1, 0.15) is 32.5 Å². The molecule has 4 unspecified atom stereocenters. The molecule has 69 heavy (non-hydrogen) atoms. The lowest BCUT2D eigenvalue weighted by Gasteiger charge is -2.33. The van der Waals surface area contributed by atoms with E-state index in [-0.39, 0.29) is 9.80 Å². The summed E-state index contributed by atoms with van der Waals surface area (Å²) in [7, 11) is 0. The van der Waals surface area contributed by atoms with E-state index in [1.54, 1.807) is 0 Å². The molecule has 27 nitrogen and oxygen atoms in total. The molecule has 3 aliphatic heterocycles. The minimum absolute atomic E-state index is 0.200. The van der Waals surface area contributed by atoms with Gasteiger partial charge in [0.25, 0.3) is 35.4 Å². The zero-order valence-corrected chi connectivity index (χ0v) is 35.9. The summed E-state index contributed by atoms with van der Waals surface area (Å²) < 4.78 is 20.1. The SMILES string of the molecule is C=CCOC(=O)C(CN(CC(C(=O)O)N1C(=O)C=C(/C=C/COC(=O)N(CC(C(=O)O)N2C(=O)C=CC2=O)CC(C(=O)OCC=C)N2C(=O)C=CC2=O)C1=O)C(=O)OCC=C)NC(=O)/C=C\C(=O)O. The molecule has 0 aromatic carbocycles. The van der Waals surface area contributed by atoms with Gasteiger partial charge >= 0.3 is 42.0 Å². The fraction of sp³-hybridized carbons (Fsp3) is 0.286. The number of nitrogens with zero attached hydrogens (tertiary/aromatic N) is 5. The number of esters is 2. The molecule has 0 aromatic rings. The first-order chi connectivity index (χ1) is 32.7. The van der Waals surface area contributed by atoms with Gasteiger partial charge in [0.15, 0.2) is 18.1 Å². The van der Waals surface area contributed by atoms with Gasteiger partial charge in [-0.3, -0.25) is 48.3 Å². The van der Waals surface area contributed by atoms with Gasteiger partial charge in [-0.15, -0.1) is 0 Å². The van der Waals surface area contributed by atoms with Crippen LogP contribution in [0.1, 0.15) is 0 Å². The molecule has 4 atom stereocenters. The van der Waals surface area contributed by atoms with Gasteiger partial charge < -0.3 is 49.4 Å². The molecule has 9 amide bonds. The highest BCUT2D eigenvalue weighted by Gasteiger charge is 2.44. The van der Waals surface area contributed by atoms with Crippen molar-refractivity contribution in [3.8, 4) is 0 Å². The Morgan fingerprint density at radius 3 is 1.49 bits per heavy atom. The number of ether oxygens (including phenoxy) is 4. The number of carbonyl (C=O) groups is 14. The molecule has 3 rings (SSSR count). The predicted octanol–water partition coefficient (Wildman–Crippen LogP) is -2.39. The first kappa shape index (κ1) is 54.0. The Balaban J connectivity index is 1.89. The second-order valence-corrected chi connectivity index (χ2v) is 13.8. The Kier molecular flexibility index (Phi) is 19.9. The molecule has 0 spiro atoms. The molecule has 0 aliphatic carbocycles. The third-order valence-corrected chi connectivity index (χ3v) is 9.14. The maximum Gasteiger partial charge on any atom is 0.410 e. The van der Waals surface area contributed by atoms with Crippen molar-refractivity contribution in [2.24, 2.45) is 0 Å². The van der Waals surface area contributed by atoms with Crippen LogP contribution in [0.5, 0.6) is 0 Å². The molecule has 3 aliphatic rings. The van der Waals surface area contributed by atoms with E-state index in [2.05, 4.69) is 25.1 Å². The average molecular weight is 967 g/mol. The maximum absolute atomic E-state index is 13.6. The first-order valence-electron chi connectivity index (χ1n) is 19.7. The van der Waals surface area contributed by atoms with Gasteiger partial charge in [-0.1, -0.05) is 38.0 Å². The fourth-order valence-corrected chi connectivity index (χ4v) is 6.08. The van der Waals surface area contributed by atoms with Gasteiger partial charge in [-0.2, -0.15) is 0 Å². The molecule has 0 fully saturated rings. The predicted molar refractivity (Wildman–Crippen MR) is 225 cm³/mol. The van der Waals surface area contributed by atoms with Crippen LogP contribution >= 0.6 is 0 Å². The van der Waals surface area contributed by atoms with Crippen molar-refractivity contribution in [2.45, 2.75) is 24.2 Å². The Hall–Kier alpha value is -9.30. The van der Waals surface area contributed by atoms with Gasteiger partial charge in [0, 0.05) is 48.1 Å². The quantitative estimate of drug-likeness (QED) is 0.0219. The number of carbonyl (C=O) groups excluding carboxylic acids is 11. The number of hydrogen-bond acceptors (Lipinski definition) is 18. The van der Waals surface area contributed by atoms with E-state index in [4.69, 9.17) is 24.1 Å². The van der Waals surface area contributed by atoms with Gasteiger partial charge in [-0.25, -0.2) is 33.6 Å². The molecule has 4 N–H and O–H groups in total. The van der Waals surface area contributed by atoms with E-state index < -0.39 is 166 Å². The van der Waals surface area contributed by atoms with Crippen LogP contribution in [0.2, 0.25) is 0 Å². The van der Waals surface area contributed by atoms with E-state index in [9.17, 15) is 77.3 Å². The van der Waals surface area contributed by atoms with Crippen LogP contribution < -0.4 is 5.32 Å². The number of nitrogens with one attached hydrogen (secondary N) is 1. The highest BCUT2D eigenvalue weighted by molar-refractivity contribution is 6.19. The van der Waals surface area contributed by atoms with Crippen molar-refractivity contribution in [3.05, 3.63) is 98.2 Å². The number of carboxylic acid groups (broad SMARTS) is 3. The number of hydrogen-bond donors (Lipinski definition) is 4. The maximum atomic E-state index is 13.6. The van der Waals surface area contributed by atoms with Gasteiger partial charge in [-0.05, 0) is 12.2 Å². The number of aliphatic carboxylic acids is 3. The molecule has 0 saturated heterocycles. The molecule has 0 saturated carbocycles. The zero-order chi connectivity index (χ0) is 51.5. The van der Waals surface area contributed by atoms with Crippen LogP contribution in [0.15, 0.2) is 98.2 Å². The minimum atomic E-state index is -2.23. The van der Waals surface area contributed by atoms with Crippen molar-refractivity contribution < 1.29 is 101 Å². The highest BCUT2D eigenvalue weighted by atomic mass is 16.6. The van der Waals surface area contributed by atoms with E-state index in [0.717, 1.165) is 54.7 Å². The Labute approximate surface area is 389 Å². The Morgan fingerprint density at radius 2 is 1.00 bits per heavy atom. The van der Waals surface area contributed by atoms with E-state index in [1.807, 2.05) is 0 Å². The third kappa shape index (κ3) is 14.9. The smallest absolute Gasteiger partial charge is 0.410 e. The minimum Gasteiger partial charge on any atom is -0.480 e. The lowest BCUT2D eigenvalue weighted by molar-refractivity contribution is -0.158. The van der Waals surface area contributed by atoms with E-state index in [1.165, 1.54) is 0 Å². The van der Waals surface area contributed by atoms with Crippen LogP contribution in [-0.4, -0.2) is 200 Å². The lowest BCUT2D eigenvalue weighted by Crippen LogP contribution is -2.57. The van der Waals surface area contributed by atoms with E-state index in [0.29, 0.717) is 32.9 Å². The normalized spacial score (nSPS) is 15.9. The summed E-state index contributed by atoms with van der Waals surface area (Å²) in [4.78, 5) is 180. The summed E-state index contributed by atoms with van der Waals surface area (Å²) in [5.74, 6) is -15.7. The summed E-state index contributed by atoms with van der Waals surface area (Å²) in [5.41, 5.74) is -0.531. The zero-order valence-electron chi connectivity index (χ0n) is 35.9. The van der Waals surface area contributed by atoms with E-state index >= 15 is 0 Å². The highest BCUT2D eigenvalue weighted by Crippen LogP contribution is 2.21. The lowest BCUT2D eigenvalue weighted by atomic mass is 10.2. The molecule has 27 heteroatoms. The van der Waals surface area contributed by atoms with Crippen LogP contribution in [0.3, 0.4) is 0 Å². The molecule has 0 aromatic heterocycles. The van der Waals surface area contributed by atoms with Crippen molar-refractivity contribution in [1.29, 1.82) is 0 Å². The summed E-state index contributed by atoms with van der Waals surface area (Å²) in [5, 5.41) is 31.2. The molecular weight excluding hydrogens is 924 g/mol. The molecular formula is C42H42N6O21. The van der Waals surface area contributed by atoms with Crippen LogP contribution in [-0.2, 0) is 76.5 Å². The number of imide groups is 3. The monoisotopic (exact) mass is 966 g/mol. The van der Waals surface area contributed by atoms with Gasteiger partial charge in [0.05, 0.1) is 26.2 Å². The number of carboxylic acids is 3. The molecule has 0 bridgehead atoms. The van der Waals surface area contributed by atoms with Crippen LogP contribution in [0.4, 0.5) is 9.59 Å². The first-order valence-corrected chi connectivity index (χ1v) is 19.7. The van der Waals surface area contributed by atoms with Crippen LogP contribution in [0, 0.1) is 0 Å². The largest absolute Gasteiger partial charge is 0.480 e. The third-order valence-electron chi connectivity index (χ3n) is 9.14. The fourth-order valence-electron chi connectivity index (χ4n) is 6.08. The molecule has 0 radical (unpaired) electrons. The topological polar surface area (TPSA) is 365 Å². The summed E-state index contributed by atoms with van der Waals surface area (Å²) >= 11 is 0. The summed E-state index contributed by atoms with van der Waals surface area (Å²) in [6.45, 7) is 3.81. The Morgan fingerprint density at radius 1 is 0.565 bits per heavy atom. The van der Waals surface area contributed by atoms with Crippen molar-refractivity contribution in [2.75, 3.05) is 52.6 Å². The van der Waals surface area contributed by atoms with Crippen LogP contribution in [0.25, 0.3) is 0 Å². The average Bonchev–Trinajstić information content (AvgIpc) is 3.91. The molecule has 366 valence electrons.